The van der Waals surface area contributed by atoms with Crippen LogP contribution < -0.4 is 10.6 Å². The number of anilines is 1. The third-order valence-electron chi connectivity index (χ3n) is 2.68. The third-order valence-corrected chi connectivity index (χ3v) is 2.68. The normalized spacial score (nSPS) is 10.7. The van der Waals surface area contributed by atoms with Crippen LogP contribution in [0.5, 0.6) is 0 Å². The number of aromatic nitrogens is 2. The van der Waals surface area contributed by atoms with Gasteiger partial charge < -0.3 is 15.4 Å². The molecular formula is C14H24N4O2. The van der Waals surface area contributed by atoms with Crippen molar-refractivity contribution in [2.24, 2.45) is 5.92 Å². The van der Waals surface area contributed by atoms with Gasteiger partial charge in [0.1, 0.15) is 5.69 Å². The van der Waals surface area contributed by atoms with E-state index in [1.165, 1.54) is 0 Å². The number of carbonyl (C=O) groups excluding carboxylic acids is 1. The number of methoxy groups -OCH3 is 1. The highest BCUT2D eigenvalue weighted by Crippen LogP contribution is 2.06. The van der Waals surface area contributed by atoms with Crippen molar-refractivity contribution < 1.29 is 9.53 Å². The number of hydrogen-bond acceptors (Lipinski definition) is 5. The van der Waals surface area contributed by atoms with E-state index in [4.69, 9.17) is 4.74 Å². The minimum absolute atomic E-state index is 0.209. The minimum atomic E-state index is -0.209. The molecule has 6 nitrogen and oxygen atoms in total. The first-order valence-electron chi connectivity index (χ1n) is 6.89. The molecule has 1 rings (SSSR count). The van der Waals surface area contributed by atoms with Crippen molar-refractivity contribution in [2.45, 2.75) is 27.2 Å². The van der Waals surface area contributed by atoms with Gasteiger partial charge in [-0.05, 0) is 25.3 Å². The number of nitrogens with one attached hydrogen (secondary N) is 2. The van der Waals surface area contributed by atoms with Crippen LogP contribution in [0.1, 0.15) is 36.5 Å². The number of amides is 1. The van der Waals surface area contributed by atoms with Gasteiger partial charge in [-0.2, -0.15) is 0 Å². The minimum Gasteiger partial charge on any atom is -0.383 e. The predicted octanol–water partition coefficient (Wildman–Crippen LogP) is 1.62. The molecule has 0 aliphatic carbocycles. The van der Waals surface area contributed by atoms with Crippen molar-refractivity contribution in [3.63, 3.8) is 0 Å². The van der Waals surface area contributed by atoms with Crippen molar-refractivity contribution in [3.05, 3.63) is 17.5 Å². The summed E-state index contributed by atoms with van der Waals surface area (Å²) in [7, 11) is 1.59. The second-order valence-corrected chi connectivity index (χ2v) is 5.08. The number of carbonyl (C=O) groups is 1. The molecule has 0 atom stereocenters. The zero-order valence-corrected chi connectivity index (χ0v) is 12.7. The zero-order chi connectivity index (χ0) is 15.0. The molecule has 20 heavy (non-hydrogen) atoms. The SMILES string of the molecule is COCCNC(=O)c1cc(C)nc(NCCC(C)C)n1. The molecule has 112 valence electrons. The van der Waals surface area contributed by atoms with E-state index >= 15 is 0 Å². The largest absolute Gasteiger partial charge is 0.383 e. The topological polar surface area (TPSA) is 76.1 Å². The van der Waals surface area contributed by atoms with Crippen LogP contribution in [0.4, 0.5) is 5.95 Å². The second kappa shape index (κ2) is 8.47. The summed E-state index contributed by atoms with van der Waals surface area (Å²) in [6.45, 7) is 7.91. The summed E-state index contributed by atoms with van der Waals surface area (Å²) in [4.78, 5) is 20.4. The van der Waals surface area contributed by atoms with Crippen LogP contribution in [0, 0.1) is 12.8 Å². The first-order chi connectivity index (χ1) is 9.52. The van der Waals surface area contributed by atoms with Crippen LogP contribution in [0.25, 0.3) is 0 Å². The summed E-state index contributed by atoms with van der Waals surface area (Å²) in [5, 5.41) is 5.90. The van der Waals surface area contributed by atoms with E-state index in [1.807, 2.05) is 6.92 Å². The van der Waals surface area contributed by atoms with Crippen LogP contribution >= 0.6 is 0 Å². The van der Waals surface area contributed by atoms with Gasteiger partial charge in [0.05, 0.1) is 6.61 Å². The fraction of sp³-hybridized carbons (Fsp3) is 0.643. The Bertz CT molecular complexity index is 435. The molecule has 0 aromatic carbocycles. The van der Waals surface area contributed by atoms with E-state index in [0.717, 1.165) is 18.7 Å². The molecule has 0 saturated heterocycles. The Morgan fingerprint density at radius 2 is 2.10 bits per heavy atom. The van der Waals surface area contributed by atoms with Gasteiger partial charge in [0.15, 0.2) is 0 Å². The van der Waals surface area contributed by atoms with E-state index < -0.39 is 0 Å². The highest BCUT2D eigenvalue weighted by atomic mass is 16.5. The highest BCUT2D eigenvalue weighted by molar-refractivity contribution is 5.92. The van der Waals surface area contributed by atoms with E-state index in [2.05, 4.69) is 34.4 Å². The third kappa shape index (κ3) is 5.97. The lowest BCUT2D eigenvalue weighted by molar-refractivity contribution is 0.0932. The number of aryl methyl sites for hydroxylation is 1. The van der Waals surface area contributed by atoms with Crippen molar-refractivity contribution in [2.75, 3.05) is 32.1 Å². The maximum atomic E-state index is 11.9. The molecule has 0 bridgehead atoms. The van der Waals surface area contributed by atoms with Crippen LogP contribution in [-0.2, 0) is 4.74 Å². The van der Waals surface area contributed by atoms with Gasteiger partial charge >= 0.3 is 0 Å². The average molecular weight is 280 g/mol. The molecular weight excluding hydrogens is 256 g/mol. The molecule has 0 aliphatic heterocycles. The zero-order valence-electron chi connectivity index (χ0n) is 12.7. The molecule has 1 aromatic rings. The maximum absolute atomic E-state index is 11.9. The Labute approximate surface area is 120 Å². The molecule has 0 aliphatic rings. The number of rotatable bonds is 8. The molecule has 0 radical (unpaired) electrons. The molecule has 6 heteroatoms. The van der Waals surface area contributed by atoms with Crippen molar-refractivity contribution in [1.29, 1.82) is 0 Å². The Morgan fingerprint density at radius 1 is 1.35 bits per heavy atom. The average Bonchev–Trinajstić information content (AvgIpc) is 2.37. The lowest BCUT2D eigenvalue weighted by Gasteiger charge is -2.09. The van der Waals surface area contributed by atoms with Gasteiger partial charge in [0.25, 0.3) is 5.91 Å². The molecule has 1 amide bonds. The summed E-state index contributed by atoms with van der Waals surface area (Å²) in [5.41, 5.74) is 1.14. The molecule has 1 aromatic heterocycles. The quantitative estimate of drug-likeness (QED) is 0.708. The predicted molar refractivity (Wildman–Crippen MR) is 78.9 cm³/mol. The molecule has 0 fully saturated rings. The Kier molecular flexibility index (Phi) is 6.93. The van der Waals surface area contributed by atoms with Crippen molar-refractivity contribution >= 4 is 11.9 Å². The van der Waals surface area contributed by atoms with Crippen LogP contribution in [0.2, 0.25) is 0 Å². The Balaban J connectivity index is 2.63. The number of nitrogens with zero attached hydrogens (tertiary/aromatic N) is 2. The fourth-order valence-corrected chi connectivity index (χ4v) is 1.59. The monoisotopic (exact) mass is 280 g/mol. The van der Waals surface area contributed by atoms with Crippen LogP contribution in [-0.4, -0.2) is 42.7 Å². The van der Waals surface area contributed by atoms with Gasteiger partial charge in [0.2, 0.25) is 5.95 Å². The number of hydrogen-bond donors (Lipinski definition) is 2. The van der Waals surface area contributed by atoms with Crippen LogP contribution in [0.3, 0.4) is 0 Å². The Hall–Kier alpha value is -1.69. The highest BCUT2D eigenvalue weighted by Gasteiger charge is 2.10. The molecule has 0 spiro atoms. The van der Waals surface area contributed by atoms with E-state index in [9.17, 15) is 4.79 Å². The summed E-state index contributed by atoms with van der Waals surface area (Å²) in [6, 6.07) is 1.68. The summed E-state index contributed by atoms with van der Waals surface area (Å²) < 4.78 is 4.89. The lowest BCUT2D eigenvalue weighted by Crippen LogP contribution is -2.28. The van der Waals surface area contributed by atoms with Gasteiger partial charge in [-0.1, -0.05) is 13.8 Å². The lowest BCUT2D eigenvalue weighted by atomic mass is 10.1. The first-order valence-corrected chi connectivity index (χ1v) is 6.89. The van der Waals surface area contributed by atoms with Gasteiger partial charge in [-0.25, -0.2) is 9.97 Å². The van der Waals surface area contributed by atoms with Crippen molar-refractivity contribution in [1.82, 2.24) is 15.3 Å². The van der Waals surface area contributed by atoms with Gasteiger partial charge in [-0.15, -0.1) is 0 Å². The summed E-state index contributed by atoms with van der Waals surface area (Å²) >= 11 is 0. The molecule has 0 unspecified atom stereocenters. The molecule has 2 N–H and O–H groups in total. The molecule has 0 saturated carbocycles. The number of ether oxygens (including phenoxy) is 1. The summed E-state index contributed by atoms with van der Waals surface area (Å²) in [6.07, 6.45) is 1.03. The second-order valence-electron chi connectivity index (χ2n) is 5.08. The Morgan fingerprint density at radius 3 is 2.75 bits per heavy atom. The first kappa shape index (κ1) is 16.4. The standard InChI is InChI=1S/C14H24N4O2/c1-10(2)5-6-16-14-17-11(3)9-12(18-14)13(19)15-7-8-20-4/h9-10H,5-8H2,1-4H3,(H,15,19)(H,16,17,18). The summed E-state index contributed by atoms with van der Waals surface area (Å²) in [5.74, 6) is 0.908. The van der Waals surface area contributed by atoms with E-state index in [0.29, 0.717) is 30.7 Å². The van der Waals surface area contributed by atoms with Gasteiger partial charge in [0, 0.05) is 25.9 Å². The fourth-order valence-electron chi connectivity index (χ4n) is 1.59. The molecule has 1 heterocycles. The van der Waals surface area contributed by atoms with Crippen LogP contribution in [0.15, 0.2) is 6.07 Å². The van der Waals surface area contributed by atoms with E-state index in [1.54, 1.807) is 13.2 Å². The smallest absolute Gasteiger partial charge is 0.270 e. The van der Waals surface area contributed by atoms with Crippen molar-refractivity contribution in [3.8, 4) is 0 Å². The van der Waals surface area contributed by atoms with E-state index in [-0.39, 0.29) is 5.91 Å². The maximum Gasteiger partial charge on any atom is 0.270 e. The van der Waals surface area contributed by atoms with Gasteiger partial charge in [-0.3, -0.25) is 4.79 Å².